The van der Waals surface area contributed by atoms with Gasteiger partial charge in [0.2, 0.25) is 5.91 Å². The maximum Gasteiger partial charge on any atom is 0.411 e. The molecule has 0 fully saturated rings. The van der Waals surface area contributed by atoms with Crippen molar-refractivity contribution in [2.75, 3.05) is 24.3 Å². The summed E-state index contributed by atoms with van der Waals surface area (Å²) < 4.78 is 4.49. The standard InChI is InChI=1S/C14H21N3O3/c1-4-15-10(2)9-13(18)16-11-5-7-12(8-6-11)17-14(19)20-3/h5-8,10,15H,4,9H2,1-3H3,(H,16,18)(H,17,19). The molecule has 6 heteroatoms. The van der Waals surface area contributed by atoms with E-state index in [9.17, 15) is 9.59 Å². The normalized spacial score (nSPS) is 11.6. The molecule has 0 heterocycles. The highest BCUT2D eigenvalue weighted by atomic mass is 16.5. The minimum atomic E-state index is -0.527. The topological polar surface area (TPSA) is 79.5 Å². The molecule has 3 N–H and O–H groups in total. The monoisotopic (exact) mass is 279 g/mol. The lowest BCUT2D eigenvalue weighted by atomic mass is 10.2. The van der Waals surface area contributed by atoms with Crippen molar-refractivity contribution in [3.63, 3.8) is 0 Å². The molecule has 0 bridgehead atoms. The van der Waals surface area contributed by atoms with Crippen LogP contribution in [0.3, 0.4) is 0 Å². The van der Waals surface area contributed by atoms with E-state index >= 15 is 0 Å². The SMILES string of the molecule is CCNC(C)CC(=O)Nc1ccc(NC(=O)OC)cc1. The van der Waals surface area contributed by atoms with Gasteiger partial charge < -0.3 is 15.4 Å². The molecular formula is C14H21N3O3. The van der Waals surface area contributed by atoms with Gasteiger partial charge in [-0.2, -0.15) is 0 Å². The summed E-state index contributed by atoms with van der Waals surface area (Å²) in [5, 5.41) is 8.52. The maximum absolute atomic E-state index is 11.8. The van der Waals surface area contributed by atoms with Crippen LogP contribution in [-0.2, 0) is 9.53 Å². The van der Waals surface area contributed by atoms with Crippen LogP contribution in [0.5, 0.6) is 0 Å². The van der Waals surface area contributed by atoms with Crippen LogP contribution in [0.4, 0.5) is 16.2 Å². The molecule has 1 aromatic rings. The number of benzene rings is 1. The third kappa shape index (κ3) is 5.71. The molecule has 2 amide bonds. The van der Waals surface area contributed by atoms with Crippen LogP contribution in [0.1, 0.15) is 20.3 Å². The first-order chi connectivity index (χ1) is 9.55. The average molecular weight is 279 g/mol. The summed E-state index contributed by atoms with van der Waals surface area (Å²) >= 11 is 0. The van der Waals surface area contributed by atoms with E-state index in [2.05, 4.69) is 20.7 Å². The van der Waals surface area contributed by atoms with E-state index in [4.69, 9.17) is 0 Å². The van der Waals surface area contributed by atoms with E-state index in [0.29, 0.717) is 17.8 Å². The van der Waals surface area contributed by atoms with Gasteiger partial charge in [0.1, 0.15) is 0 Å². The maximum atomic E-state index is 11.8. The van der Waals surface area contributed by atoms with Crippen molar-refractivity contribution >= 4 is 23.4 Å². The Bertz CT molecular complexity index is 445. The summed E-state index contributed by atoms with van der Waals surface area (Å²) in [6.07, 6.45) is -0.114. The zero-order valence-corrected chi connectivity index (χ0v) is 12.0. The number of rotatable bonds is 6. The zero-order valence-electron chi connectivity index (χ0n) is 12.0. The molecule has 1 atom stereocenters. The third-order valence-corrected chi connectivity index (χ3v) is 2.64. The first kappa shape index (κ1) is 16.0. The largest absolute Gasteiger partial charge is 0.453 e. The summed E-state index contributed by atoms with van der Waals surface area (Å²) in [5.41, 5.74) is 1.30. The van der Waals surface area contributed by atoms with Crippen molar-refractivity contribution in [2.24, 2.45) is 0 Å². The number of methoxy groups -OCH3 is 1. The Balaban J connectivity index is 2.48. The van der Waals surface area contributed by atoms with Gasteiger partial charge in [0.25, 0.3) is 0 Å². The number of carbonyl (C=O) groups excluding carboxylic acids is 2. The molecule has 110 valence electrons. The molecular weight excluding hydrogens is 258 g/mol. The molecule has 0 radical (unpaired) electrons. The van der Waals surface area contributed by atoms with Gasteiger partial charge in [-0.25, -0.2) is 4.79 Å². The van der Waals surface area contributed by atoms with Gasteiger partial charge in [-0.15, -0.1) is 0 Å². The Morgan fingerprint density at radius 1 is 1.15 bits per heavy atom. The Hall–Kier alpha value is -2.08. The first-order valence-corrected chi connectivity index (χ1v) is 6.53. The summed E-state index contributed by atoms with van der Waals surface area (Å²) in [7, 11) is 1.30. The lowest BCUT2D eigenvalue weighted by Crippen LogP contribution is -2.30. The Kier molecular flexibility index (Phi) is 6.52. The minimum absolute atomic E-state index is 0.0490. The molecule has 0 aliphatic rings. The molecule has 1 aromatic carbocycles. The molecule has 0 spiro atoms. The van der Waals surface area contributed by atoms with Gasteiger partial charge in [0.05, 0.1) is 7.11 Å². The average Bonchev–Trinajstić information content (AvgIpc) is 2.41. The van der Waals surface area contributed by atoms with Gasteiger partial charge >= 0.3 is 6.09 Å². The second kappa shape index (κ2) is 8.16. The summed E-state index contributed by atoms with van der Waals surface area (Å²) in [4.78, 5) is 22.8. The van der Waals surface area contributed by atoms with Crippen LogP contribution in [0.25, 0.3) is 0 Å². The Morgan fingerprint density at radius 2 is 1.70 bits per heavy atom. The van der Waals surface area contributed by atoms with Crippen molar-refractivity contribution in [2.45, 2.75) is 26.3 Å². The number of hydrogen-bond donors (Lipinski definition) is 3. The number of ether oxygens (including phenoxy) is 1. The first-order valence-electron chi connectivity index (χ1n) is 6.53. The molecule has 0 saturated heterocycles. The number of amides is 2. The highest BCUT2D eigenvalue weighted by Crippen LogP contribution is 2.14. The third-order valence-electron chi connectivity index (χ3n) is 2.64. The predicted molar refractivity (Wildman–Crippen MR) is 78.9 cm³/mol. The van der Waals surface area contributed by atoms with Crippen LogP contribution < -0.4 is 16.0 Å². The Morgan fingerprint density at radius 3 is 2.20 bits per heavy atom. The van der Waals surface area contributed by atoms with Gasteiger partial charge in [0, 0.05) is 23.8 Å². The van der Waals surface area contributed by atoms with Crippen molar-refractivity contribution in [3.05, 3.63) is 24.3 Å². The van der Waals surface area contributed by atoms with E-state index in [-0.39, 0.29) is 11.9 Å². The molecule has 0 saturated carbocycles. The van der Waals surface area contributed by atoms with Crippen LogP contribution in [0.2, 0.25) is 0 Å². The van der Waals surface area contributed by atoms with Crippen molar-refractivity contribution in [3.8, 4) is 0 Å². The molecule has 6 nitrogen and oxygen atoms in total. The van der Waals surface area contributed by atoms with Crippen molar-refractivity contribution in [1.29, 1.82) is 0 Å². The number of nitrogens with one attached hydrogen (secondary N) is 3. The van der Waals surface area contributed by atoms with E-state index in [0.717, 1.165) is 6.54 Å². The summed E-state index contributed by atoms with van der Waals surface area (Å²) in [6, 6.07) is 6.98. The quantitative estimate of drug-likeness (QED) is 0.745. The molecule has 0 aromatic heterocycles. The number of hydrogen-bond acceptors (Lipinski definition) is 4. The number of anilines is 2. The fraction of sp³-hybridized carbons (Fsp3) is 0.429. The smallest absolute Gasteiger partial charge is 0.411 e. The lowest BCUT2D eigenvalue weighted by molar-refractivity contribution is -0.116. The zero-order chi connectivity index (χ0) is 15.0. The highest BCUT2D eigenvalue weighted by molar-refractivity contribution is 5.91. The van der Waals surface area contributed by atoms with Crippen molar-refractivity contribution < 1.29 is 14.3 Å². The van der Waals surface area contributed by atoms with Gasteiger partial charge in [-0.1, -0.05) is 6.92 Å². The van der Waals surface area contributed by atoms with E-state index < -0.39 is 6.09 Å². The lowest BCUT2D eigenvalue weighted by Gasteiger charge is -2.12. The van der Waals surface area contributed by atoms with Crippen LogP contribution in [0.15, 0.2) is 24.3 Å². The van der Waals surface area contributed by atoms with Crippen molar-refractivity contribution in [1.82, 2.24) is 5.32 Å². The predicted octanol–water partition coefficient (Wildman–Crippen LogP) is 2.19. The molecule has 1 rings (SSSR count). The molecule has 1 unspecified atom stereocenters. The second-order valence-electron chi connectivity index (χ2n) is 4.40. The highest BCUT2D eigenvalue weighted by Gasteiger charge is 2.08. The van der Waals surface area contributed by atoms with Gasteiger partial charge in [-0.05, 0) is 37.7 Å². The number of carbonyl (C=O) groups is 2. The van der Waals surface area contributed by atoms with E-state index in [1.165, 1.54) is 7.11 Å². The van der Waals surface area contributed by atoms with E-state index in [1.54, 1.807) is 24.3 Å². The fourth-order valence-electron chi connectivity index (χ4n) is 1.72. The van der Waals surface area contributed by atoms with Crippen LogP contribution in [0, 0.1) is 0 Å². The second-order valence-corrected chi connectivity index (χ2v) is 4.40. The van der Waals surface area contributed by atoms with Crippen LogP contribution >= 0.6 is 0 Å². The van der Waals surface area contributed by atoms with Crippen LogP contribution in [-0.4, -0.2) is 31.7 Å². The van der Waals surface area contributed by atoms with Gasteiger partial charge in [-0.3, -0.25) is 10.1 Å². The minimum Gasteiger partial charge on any atom is -0.453 e. The molecule has 20 heavy (non-hydrogen) atoms. The fourth-order valence-corrected chi connectivity index (χ4v) is 1.72. The van der Waals surface area contributed by atoms with Gasteiger partial charge in [0.15, 0.2) is 0 Å². The molecule has 0 aliphatic heterocycles. The summed E-state index contributed by atoms with van der Waals surface area (Å²) in [6.45, 7) is 4.80. The Labute approximate surface area is 118 Å². The summed E-state index contributed by atoms with van der Waals surface area (Å²) in [5.74, 6) is -0.0490. The van der Waals surface area contributed by atoms with E-state index in [1.807, 2.05) is 13.8 Å². The molecule has 0 aliphatic carbocycles.